The highest BCUT2D eigenvalue weighted by Crippen LogP contribution is 2.37. The molecule has 0 bridgehead atoms. The molecule has 0 aromatic heterocycles. The Labute approximate surface area is 123 Å². The minimum absolute atomic E-state index is 0.00214. The Kier molecular flexibility index (Phi) is 4.29. The molecule has 1 aromatic rings. The second-order valence-electron chi connectivity index (χ2n) is 5.34. The second-order valence-corrected chi connectivity index (χ2v) is 5.34. The number of nitrogens with zero attached hydrogens (tertiary/aromatic N) is 2. The minimum Gasteiger partial charge on any atom is -0.507 e. The molecule has 110 valence electrons. The number of likely N-dealkylation sites (tertiary alicyclic amines) is 1. The highest BCUT2D eigenvalue weighted by atomic mass is 16.4. The lowest BCUT2D eigenvalue weighted by Crippen LogP contribution is -2.43. The van der Waals surface area contributed by atoms with E-state index in [1.165, 1.54) is 0 Å². The van der Waals surface area contributed by atoms with E-state index in [9.17, 15) is 15.2 Å². The number of piperidine rings is 1. The van der Waals surface area contributed by atoms with Crippen molar-refractivity contribution in [2.45, 2.75) is 18.3 Å². The van der Waals surface area contributed by atoms with Gasteiger partial charge in [-0.2, -0.15) is 5.26 Å². The van der Waals surface area contributed by atoms with Crippen LogP contribution in [-0.4, -0.2) is 40.7 Å². The normalized spacial score (nSPS) is 17.9. The van der Waals surface area contributed by atoms with Gasteiger partial charge in [-0.1, -0.05) is 24.8 Å². The lowest BCUT2D eigenvalue weighted by atomic mass is 9.74. The van der Waals surface area contributed by atoms with Crippen molar-refractivity contribution in [3.8, 4) is 11.8 Å². The molecule has 0 amide bonds. The van der Waals surface area contributed by atoms with Crippen molar-refractivity contribution >= 4 is 12.0 Å². The average Bonchev–Trinajstić information content (AvgIpc) is 2.47. The van der Waals surface area contributed by atoms with Gasteiger partial charge in [0, 0.05) is 18.7 Å². The molecule has 2 rings (SSSR count). The highest BCUT2D eigenvalue weighted by molar-refractivity contribution is 5.69. The summed E-state index contributed by atoms with van der Waals surface area (Å²) in [7, 11) is 0. The molecule has 0 atom stereocenters. The minimum atomic E-state index is -0.854. The molecular weight excluding hydrogens is 268 g/mol. The number of rotatable bonds is 4. The number of carboxylic acids is 1. The third-order valence-corrected chi connectivity index (χ3v) is 4.09. The number of carboxylic acid groups (broad SMARTS) is 1. The number of carbonyl (C=O) groups is 1. The molecule has 1 fully saturated rings. The van der Waals surface area contributed by atoms with E-state index in [-0.39, 0.29) is 12.3 Å². The number of hydrogen-bond acceptors (Lipinski definition) is 4. The van der Waals surface area contributed by atoms with Crippen LogP contribution < -0.4 is 0 Å². The molecule has 1 saturated heterocycles. The largest absolute Gasteiger partial charge is 0.507 e. The third kappa shape index (κ3) is 3.06. The summed E-state index contributed by atoms with van der Waals surface area (Å²) in [5.74, 6) is -0.738. The molecule has 1 heterocycles. The molecule has 2 N–H and O–H groups in total. The molecule has 0 aliphatic carbocycles. The zero-order chi connectivity index (χ0) is 15.5. The smallest absolute Gasteiger partial charge is 0.317 e. The van der Waals surface area contributed by atoms with Gasteiger partial charge in [0.25, 0.3) is 0 Å². The zero-order valence-corrected chi connectivity index (χ0v) is 11.7. The molecule has 0 radical (unpaired) electrons. The van der Waals surface area contributed by atoms with E-state index < -0.39 is 11.4 Å². The van der Waals surface area contributed by atoms with Gasteiger partial charge < -0.3 is 10.2 Å². The summed E-state index contributed by atoms with van der Waals surface area (Å²) in [5.41, 5.74) is 0.754. The van der Waals surface area contributed by atoms with E-state index in [0.717, 1.165) is 5.56 Å². The Bertz CT molecular complexity index is 596. The Morgan fingerprint density at radius 2 is 2.14 bits per heavy atom. The predicted molar refractivity (Wildman–Crippen MR) is 78.8 cm³/mol. The van der Waals surface area contributed by atoms with Gasteiger partial charge in [0.1, 0.15) is 5.75 Å². The lowest BCUT2D eigenvalue weighted by Gasteiger charge is -2.37. The number of aliphatic carboxylic acids is 1. The van der Waals surface area contributed by atoms with Gasteiger partial charge in [0.2, 0.25) is 0 Å². The Hall–Kier alpha value is -2.32. The fraction of sp³-hybridized carbons (Fsp3) is 0.375. The molecule has 5 heteroatoms. The highest BCUT2D eigenvalue weighted by Gasteiger charge is 2.37. The summed E-state index contributed by atoms with van der Waals surface area (Å²) in [6.07, 6.45) is 2.68. The predicted octanol–water partition coefficient (Wildman–Crippen LogP) is 1.98. The van der Waals surface area contributed by atoms with Gasteiger partial charge in [-0.15, -0.1) is 0 Å². The first-order valence-corrected chi connectivity index (χ1v) is 6.82. The van der Waals surface area contributed by atoms with Crippen LogP contribution in [0.2, 0.25) is 0 Å². The SMILES string of the molecule is C=Cc1ccc(C2(C#N)CCN(CC(=O)O)CC2)cc1O. The molecule has 0 unspecified atom stereocenters. The molecule has 5 nitrogen and oxygen atoms in total. The molecule has 0 spiro atoms. The summed E-state index contributed by atoms with van der Waals surface area (Å²) >= 11 is 0. The van der Waals surface area contributed by atoms with Gasteiger partial charge in [0.15, 0.2) is 0 Å². The van der Waals surface area contributed by atoms with E-state index in [2.05, 4.69) is 12.6 Å². The van der Waals surface area contributed by atoms with Crippen LogP contribution in [0.15, 0.2) is 24.8 Å². The van der Waals surface area contributed by atoms with Crippen LogP contribution in [0.3, 0.4) is 0 Å². The summed E-state index contributed by atoms with van der Waals surface area (Å²) in [4.78, 5) is 12.6. The maximum Gasteiger partial charge on any atom is 0.317 e. The Balaban J connectivity index is 2.21. The number of hydrogen-bond donors (Lipinski definition) is 2. The summed E-state index contributed by atoms with van der Waals surface area (Å²) < 4.78 is 0. The van der Waals surface area contributed by atoms with Crippen LogP contribution in [0.25, 0.3) is 6.08 Å². The van der Waals surface area contributed by atoms with Crippen LogP contribution >= 0.6 is 0 Å². The van der Waals surface area contributed by atoms with Gasteiger partial charge in [-0.3, -0.25) is 9.69 Å². The number of aromatic hydroxyl groups is 1. The standard InChI is InChI=1S/C16H18N2O3/c1-2-12-3-4-13(9-14(12)19)16(11-17)5-7-18(8-6-16)10-15(20)21/h2-4,9,19H,1,5-8,10H2,(H,20,21). The fourth-order valence-electron chi connectivity index (χ4n) is 2.76. The number of phenolic OH excluding ortho intramolecular Hbond substituents is 1. The third-order valence-electron chi connectivity index (χ3n) is 4.09. The van der Waals surface area contributed by atoms with Crippen molar-refractivity contribution < 1.29 is 15.0 Å². The number of phenols is 1. The van der Waals surface area contributed by atoms with Crippen LogP contribution in [0.1, 0.15) is 24.0 Å². The topological polar surface area (TPSA) is 84.6 Å². The molecule has 0 saturated carbocycles. The van der Waals surface area contributed by atoms with E-state index in [1.54, 1.807) is 18.2 Å². The van der Waals surface area contributed by atoms with Crippen LogP contribution in [0.5, 0.6) is 5.75 Å². The van der Waals surface area contributed by atoms with Crippen molar-refractivity contribution in [3.05, 3.63) is 35.9 Å². The summed E-state index contributed by atoms with van der Waals surface area (Å²) in [5, 5.41) is 28.3. The van der Waals surface area contributed by atoms with E-state index in [4.69, 9.17) is 5.11 Å². The van der Waals surface area contributed by atoms with E-state index in [1.807, 2.05) is 11.0 Å². The monoisotopic (exact) mass is 286 g/mol. The molecule has 1 aliphatic heterocycles. The van der Waals surface area contributed by atoms with Crippen molar-refractivity contribution in [1.29, 1.82) is 5.26 Å². The van der Waals surface area contributed by atoms with Gasteiger partial charge in [0.05, 0.1) is 18.0 Å². The Morgan fingerprint density at radius 1 is 1.48 bits per heavy atom. The summed E-state index contributed by atoms with van der Waals surface area (Å²) in [6, 6.07) is 7.57. The van der Waals surface area contributed by atoms with Crippen LogP contribution in [0, 0.1) is 11.3 Å². The Morgan fingerprint density at radius 3 is 2.62 bits per heavy atom. The average molecular weight is 286 g/mol. The van der Waals surface area contributed by atoms with Gasteiger partial charge in [-0.25, -0.2) is 0 Å². The van der Waals surface area contributed by atoms with Crippen molar-refractivity contribution in [1.82, 2.24) is 4.90 Å². The lowest BCUT2D eigenvalue weighted by molar-refractivity contribution is -0.138. The number of benzene rings is 1. The first-order valence-electron chi connectivity index (χ1n) is 6.82. The van der Waals surface area contributed by atoms with Gasteiger partial charge >= 0.3 is 5.97 Å². The molecular formula is C16H18N2O3. The van der Waals surface area contributed by atoms with Crippen LogP contribution in [-0.2, 0) is 10.2 Å². The van der Waals surface area contributed by atoms with E-state index >= 15 is 0 Å². The molecule has 1 aromatic carbocycles. The van der Waals surface area contributed by atoms with Gasteiger partial charge in [-0.05, 0) is 24.5 Å². The zero-order valence-electron chi connectivity index (χ0n) is 11.7. The maximum absolute atomic E-state index is 10.7. The van der Waals surface area contributed by atoms with E-state index in [0.29, 0.717) is 31.5 Å². The van der Waals surface area contributed by atoms with Crippen molar-refractivity contribution in [2.24, 2.45) is 0 Å². The maximum atomic E-state index is 10.7. The quantitative estimate of drug-likeness (QED) is 0.884. The first-order chi connectivity index (χ1) is 10.0. The fourth-order valence-corrected chi connectivity index (χ4v) is 2.76. The second kappa shape index (κ2) is 5.98. The summed E-state index contributed by atoms with van der Waals surface area (Å²) in [6.45, 7) is 4.74. The van der Waals surface area contributed by atoms with Crippen LogP contribution in [0.4, 0.5) is 0 Å². The first kappa shape index (κ1) is 15.1. The van der Waals surface area contributed by atoms with Crippen molar-refractivity contribution in [2.75, 3.05) is 19.6 Å². The van der Waals surface area contributed by atoms with Crippen molar-refractivity contribution in [3.63, 3.8) is 0 Å². The molecule has 21 heavy (non-hydrogen) atoms. The molecule has 1 aliphatic rings. The number of nitriles is 1.